The van der Waals surface area contributed by atoms with Gasteiger partial charge in [-0.05, 0) is 11.6 Å². The highest BCUT2D eigenvalue weighted by Gasteiger charge is 2.20. The van der Waals surface area contributed by atoms with Gasteiger partial charge in [-0.3, -0.25) is 0 Å². The van der Waals surface area contributed by atoms with E-state index in [0.29, 0.717) is 5.88 Å². The number of benzene rings is 2. The first kappa shape index (κ1) is 13.0. The lowest BCUT2D eigenvalue weighted by Gasteiger charge is -2.07. The van der Waals surface area contributed by atoms with Gasteiger partial charge in [-0.1, -0.05) is 60.7 Å². The molecule has 1 nitrogen and oxygen atoms in total. The minimum Gasteiger partial charge on any atom is -0.460 e. The molecule has 0 amide bonds. The lowest BCUT2D eigenvalue weighted by molar-refractivity contribution is 0.448. The molecular formula is C18H15ClO. The van der Waals surface area contributed by atoms with Crippen molar-refractivity contribution in [1.29, 1.82) is 0 Å². The van der Waals surface area contributed by atoms with Crippen LogP contribution in [-0.4, -0.2) is 5.88 Å². The summed E-state index contributed by atoms with van der Waals surface area (Å²) in [5.74, 6) is 2.46. The van der Waals surface area contributed by atoms with E-state index in [9.17, 15) is 0 Å². The molecule has 2 aromatic carbocycles. The quantitative estimate of drug-likeness (QED) is 0.723. The summed E-state index contributed by atoms with van der Waals surface area (Å²) in [6.07, 6.45) is 6.66. The average Bonchev–Trinajstić information content (AvgIpc) is 2.91. The van der Waals surface area contributed by atoms with Crippen molar-refractivity contribution in [3.05, 3.63) is 78.1 Å². The molecule has 0 aromatic heterocycles. The van der Waals surface area contributed by atoms with Crippen molar-refractivity contribution >= 4 is 11.6 Å². The molecule has 1 aliphatic heterocycles. The van der Waals surface area contributed by atoms with Crippen LogP contribution < -0.4 is 4.74 Å². The lowest BCUT2D eigenvalue weighted by atomic mass is 10.0. The second-order valence-electron chi connectivity index (χ2n) is 4.65. The van der Waals surface area contributed by atoms with Gasteiger partial charge in [0.15, 0.2) is 0 Å². The molecule has 0 unspecified atom stereocenters. The summed E-state index contributed by atoms with van der Waals surface area (Å²) in [6, 6.07) is 16.6. The lowest BCUT2D eigenvalue weighted by Crippen LogP contribution is -1.88. The smallest absolute Gasteiger partial charge is 0.138 e. The molecule has 0 saturated heterocycles. The Morgan fingerprint density at radius 3 is 2.70 bits per heavy atom. The highest BCUT2D eigenvalue weighted by Crippen LogP contribution is 2.39. The number of alkyl halides is 1. The predicted molar refractivity (Wildman–Crippen MR) is 84.2 cm³/mol. The Morgan fingerprint density at radius 2 is 1.90 bits per heavy atom. The fraction of sp³-hybridized carbons (Fsp3) is 0.111. The van der Waals surface area contributed by atoms with Crippen LogP contribution in [0.1, 0.15) is 5.56 Å². The van der Waals surface area contributed by atoms with E-state index in [0.717, 1.165) is 23.5 Å². The van der Waals surface area contributed by atoms with Crippen molar-refractivity contribution < 1.29 is 4.74 Å². The molecule has 2 aromatic rings. The highest BCUT2D eigenvalue weighted by molar-refractivity contribution is 6.18. The van der Waals surface area contributed by atoms with Crippen molar-refractivity contribution in [3.63, 3.8) is 0 Å². The summed E-state index contributed by atoms with van der Waals surface area (Å²) < 4.78 is 6.01. The fourth-order valence-electron chi connectivity index (χ4n) is 2.36. The molecule has 0 N–H and O–H groups in total. The number of allylic oxidation sites excluding steroid dienone is 4. The number of ether oxygens (including phenoxy) is 1. The van der Waals surface area contributed by atoms with E-state index in [-0.39, 0.29) is 0 Å². The number of rotatable bonds is 3. The Balaban J connectivity index is 1.95. The molecule has 0 saturated carbocycles. The Labute approximate surface area is 124 Å². The number of hydrogen-bond donors (Lipinski definition) is 0. The monoisotopic (exact) mass is 282 g/mol. The molecule has 0 spiro atoms. The van der Waals surface area contributed by atoms with Crippen LogP contribution in [-0.2, 0) is 6.42 Å². The van der Waals surface area contributed by atoms with Crippen molar-refractivity contribution in [2.45, 2.75) is 6.42 Å². The van der Waals surface area contributed by atoms with Gasteiger partial charge in [-0.2, -0.15) is 0 Å². The van der Waals surface area contributed by atoms with Gasteiger partial charge in [0.05, 0.1) is 0 Å². The van der Waals surface area contributed by atoms with Crippen LogP contribution in [0, 0.1) is 0 Å². The zero-order valence-corrected chi connectivity index (χ0v) is 11.8. The Bertz CT molecular complexity index is 656. The molecule has 0 bridgehead atoms. The molecule has 0 aliphatic carbocycles. The third kappa shape index (κ3) is 2.63. The fourth-order valence-corrected chi connectivity index (χ4v) is 2.47. The van der Waals surface area contributed by atoms with Crippen molar-refractivity contribution in [2.75, 3.05) is 5.88 Å². The summed E-state index contributed by atoms with van der Waals surface area (Å²) in [5.41, 5.74) is 3.56. The highest BCUT2D eigenvalue weighted by atomic mass is 35.5. The third-order valence-electron chi connectivity index (χ3n) is 3.29. The standard InChI is InChI=1S/C18H15ClO/c19-12-5-4-10-16-13-15-9-6-11-17(18(15)20-16)14-7-2-1-3-8-14/h1-11H,12-13H2/b5-4-,16-10+. The SMILES string of the molecule is ClC/C=C\C=C1/Cc2cccc(-c3ccccc3)c2O1. The Kier molecular flexibility index (Phi) is 3.89. The van der Waals surface area contributed by atoms with Gasteiger partial charge in [0, 0.05) is 23.4 Å². The van der Waals surface area contributed by atoms with Crippen molar-refractivity contribution in [3.8, 4) is 16.9 Å². The minimum absolute atomic E-state index is 0.520. The topological polar surface area (TPSA) is 9.23 Å². The summed E-state index contributed by atoms with van der Waals surface area (Å²) in [6.45, 7) is 0. The first-order valence-electron chi connectivity index (χ1n) is 6.65. The molecule has 0 radical (unpaired) electrons. The van der Waals surface area contributed by atoms with Gasteiger partial charge in [0.25, 0.3) is 0 Å². The zero-order valence-electron chi connectivity index (χ0n) is 11.1. The summed E-state index contributed by atoms with van der Waals surface area (Å²) >= 11 is 5.62. The molecule has 1 aliphatic rings. The molecule has 0 fully saturated rings. The molecule has 1 heterocycles. The Hall–Kier alpha value is -1.99. The number of halogens is 1. The van der Waals surface area contributed by atoms with Crippen LogP contribution in [0.25, 0.3) is 11.1 Å². The van der Waals surface area contributed by atoms with Crippen molar-refractivity contribution in [2.24, 2.45) is 0 Å². The third-order valence-corrected chi connectivity index (χ3v) is 3.46. The van der Waals surface area contributed by atoms with Gasteiger partial charge in [-0.25, -0.2) is 0 Å². The molecule has 0 atom stereocenters. The van der Waals surface area contributed by atoms with Gasteiger partial charge >= 0.3 is 0 Å². The van der Waals surface area contributed by atoms with E-state index in [1.165, 1.54) is 11.1 Å². The molecule has 2 heteroatoms. The van der Waals surface area contributed by atoms with E-state index in [1.54, 1.807) is 0 Å². The van der Waals surface area contributed by atoms with Crippen LogP contribution in [0.3, 0.4) is 0 Å². The van der Waals surface area contributed by atoms with Crippen LogP contribution in [0.15, 0.2) is 72.5 Å². The Morgan fingerprint density at radius 1 is 1.05 bits per heavy atom. The summed E-state index contributed by atoms with van der Waals surface area (Å²) in [7, 11) is 0. The van der Waals surface area contributed by atoms with Gasteiger partial charge in [0.2, 0.25) is 0 Å². The maximum absolute atomic E-state index is 6.01. The molecular weight excluding hydrogens is 268 g/mol. The van der Waals surface area contributed by atoms with E-state index < -0.39 is 0 Å². The number of para-hydroxylation sites is 1. The van der Waals surface area contributed by atoms with Crippen LogP contribution >= 0.6 is 11.6 Å². The zero-order chi connectivity index (χ0) is 13.8. The maximum Gasteiger partial charge on any atom is 0.138 e. The largest absolute Gasteiger partial charge is 0.460 e. The molecule has 20 heavy (non-hydrogen) atoms. The van der Waals surface area contributed by atoms with Crippen LogP contribution in [0.5, 0.6) is 5.75 Å². The van der Waals surface area contributed by atoms with E-state index in [2.05, 4.69) is 30.3 Å². The first-order chi connectivity index (χ1) is 9.88. The van der Waals surface area contributed by atoms with Gasteiger partial charge in [0.1, 0.15) is 11.5 Å². The van der Waals surface area contributed by atoms with Crippen molar-refractivity contribution in [1.82, 2.24) is 0 Å². The summed E-state index contributed by atoms with van der Waals surface area (Å²) in [4.78, 5) is 0. The van der Waals surface area contributed by atoms with E-state index >= 15 is 0 Å². The van der Waals surface area contributed by atoms with Crippen LogP contribution in [0.4, 0.5) is 0 Å². The average molecular weight is 283 g/mol. The maximum atomic E-state index is 6.01. The second-order valence-corrected chi connectivity index (χ2v) is 4.96. The summed E-state index contributed by atoms with van der Waals surface area (Å²) in [5, 5.41) is 0. The number of fused-ring (bicyclic) bond motifs is 1. The predicted octanol–water partition coefficient (Wildman–Crippen LogP) is 4.97. The normalized spacial score (nSPS) is 15.6. The van der Waals surface area contributed by atoms with Gasteiger partial charge < -0.3 is 4.74 Å². The molecule has 100 valence electrons. The second kappa shape index (κ2) is 5.98. The van der Waals surface area contributed by atoms with Gasteiger partial charge in [-0.15, -0.1) is 11.6 Å². The number of hydrogen-bond acceptors (Lipinski definition) is 1. The van der Waals surface area contributed by atoms with E-state index in [1.807, 2.05) is 36.4 Å². The minimum atomic E-state index is 0.520. The first-order valence-corrected chi connectivity index (χ1v) is 7.19. The van der Waals surface area contributed by atoms with E-state index in [4.69, 9.17) is 16.3 Å². The molecule has 3 rings (SSSR count). The van der Waals surface area contributed by atoms with Crippen LogP contribution in [0.2, 0.25) is 0 Å².